The maximum atomic E-state index is 6.13. The third-order valence-electron chi connectivity index (χ3n) is 2.45. The van der Waals surface area contributed by atoms with Gasteiger partial charge >= 0.3 is 0 Å². The van der Waals surface area contributed by atoms with Gasteiger partial charge in [0.2, 0.25) is 0 Å². The molecule has 0 amide bonds. The van der Waals surface area contributed by atoms with E-state index in [4.69, 9.17) is 21.2 Å². The van der Waals surface area contributed by atoms with E-state index >= 15 is 0 Å². The molecule has 0 saturated heterocycles. The van der Waals surface area contributed by atoms with E-state index in [1.54, 1.807) is 12.6 Å². The summed E-state index contributed by atoms with van der Waals surface area (Å²) < 4.78 is 5.67. The van der Waals surface area contributed by atoms with Gasteiger partial charge in [0.25, 0.3) is 0 Å². The molecule has 2 N–H and O–H groups in total. The number of halogens is 1. The van der Waals surface area contributed by atoms with Gasteiger partial charge in [-0.2, -0.15) is 5.48 Å². The van der Waals surface area contributed by atoms with E-state index < -0.39 is 0 Å². The van der Waals surface area contributed by atoms with Gasteiger partial charge in [0, 0.05) is 12.1 Å². The SMILES string of the molecule is CO[NH2+]c1ccc(OCc2ccccc2)c(Cl)c1. The van der Waals surface area contributed by atoms with Gasteiger partial charge in [0.05, 0.1) is 12.1 Å². The maximum Gasteiger partial charge on any atom is 0.163 e. The summed E-state index contributed by atoms with van der Waals surface area (Å²) in [4.78, 5) is 4.93. The molecule has 2 aromatic rings. The van der Waals surface area contributed by atoms with Crippen LogP contribution in [0.1, 0.15) is 5.56 Å². The maximum absolute atomic E-state index is 6.13. The topological polar surface area (TPSA) is 35.1 Å². The number of rotatable bonds is 5. The Morgan fingerprint density at radius 3 is 2.56 bits per heavy atom. The Morgan fingerprint density at radius 1 is 1.11 bits per heavy atom. The Bertz CT molecular complexity index is 502. The van der Waals surface area contributed by atoms with Gasteiger partial charge in [-0.05, 0) is 11.6 Å². The van der Waals surface area contributed by atoms with Crippen molar-refractivity contribution in [1.82, 2.24) is 0 Å². The van der Waals surface area contributed by atoms with Crippen molar-refractivity contribution in [1.29, 1.82) is 0 Å². The van der Waals surface area contributed by atoms with E-state index in [0.717, 1.165) is 11.3 Å². The number of nitrogens with two attached hydrogens (primary N) is 1. The van der Waals surface area contributed by atoms with Crippen molar-refractivity contribution in [3.8, 4) is 5.75 Å². The van der Waals surface area contributed by atoms with Crippen LogP contribution < -0.4 is 10.2 Å². The molecule has 0 aliphatic heterocycles. The summed E-state index contributed by atoms with van der Waals surface area (Å²) in [5.74, 6) is 0.675. The highest BCUT2D eigenvalue weighted by atomic mass is 35.5. The number of benzene rings is 2. The molecular formula is C14H15ClNO2+. The first-order chi connectivity index (χ1) is 8.79. The van der Waals surface area contributed by atoms with Crippen molar-refractivity contribution < 1.29 is 15.1 Å². The summed E-state index contributed by atoms with van der Waals surface area (Å²) in [6, 6.07) is 15.5. The van der Waals surface area contributed by atoms with Crippen molar-refractivity contribution in [3.05, 3.63) is 59.1 Å². The van der Waals surface area contributed by atoms with Gasteiger partial charge in [-0.15, -0.1) is 0 Å². The van der Waals surface area contributed by atoms with Gasteiger partial charge in [-0.25, -0.2) is 4.84 Å². The zero-order valence-electron chi connectivity index (χ0n) is 10.1. The molecule has 0 fully saturated rings. The van der Waals surface area contributed by atoms with E-state index in [-0.39, 0.29) is 0 Å². The minimum absolute atomic E-state index is 0.508. The molecule has 2 rings (SSSR count). The summed E-state index contributed by atoms with van der Waals surface area (Å²) in [7, 11) is 1.60. The van der Waals surface area contributed by atoms with Crippen LogP contribution in [0.3, 0.4) is 0 Å². The summed E-state index contributed by atoms with van der Waals surface area (Å²) >= 11 is 6.13. The molecule has 94 valence electrons. The van der Waals surface area contributed by atoms with Crippen LogP contribution in [0.4, 0.5) is 5.69 Å². The van der Waals surface area contributed by atoms with Gasteiger partial charge in [0.1, 0.15) is 12.4 Å². The van der Waals surface area contributed by atoms with Gasteiger partial charge in [-0.3, -0.25) is 0 Å². The van der Waals surface area contributed by atoms with Crippen LogP contribution in [0, 0.1) is 0 Å². The monoisotopic (exact) mass is 264 g/mol. The lowest BCUT2D eigenvalue weighted by Crippen LogP contribution is -2.75. The Balaban J connectivity index is 2.01. The molecular weight excluding hydrogens is 250 g/mol. The molecule has 0 heterocycles. The fourth-order valence-corrected chi connectivity index (χ4v) is 1.82. The molecule has 2 aromatic carbocycles. The van der Waals surface area contributed by atoms with Crippen molar-refractivity contribution >= 4 is 17.3 Å². The number of hydrogen-bond donors (Lipinski definition) is 1. The Labute approximate surface area is 111 Å². The van der Waals surface area contributed by atoms with Crippen molar-refractivity contribution in [2.24, 2.45) is 0 Å². The van der Waals surface area contributed by atoms with Crippen LogP contribution in [-0.2, 0) is 11.4 Å². The molecule has 0 unspecified atom stereocenters. The summed E-state index contributed by atoms with van der Waals surface area (Å²) in [5, 5.41) is 0.580. The Morgan fingerprint density at radius 2 is 1.89 bits per heavy atom. The summed E-state index contributed by atoms with van der Waals surface area (Å²) in [6.07, 6.45) is 0. The second kappa shape index (κ2) is 6.40. The highest BCUT2D eigenvalue weighted by Gasteiger charge is 2.05. The van der Waals surface area contributed by atoms with E-state index in [1.807, 2.05) is 48.5 Å². The standard InChI is InChI=1S/C14H14ClNO2/c1-17-16-12-7-8-14(13(15)9-12)18-10-11-5-3-2-4-6-11/h2-9,16H,10H2,1H3/p+1. The molecule has 0 saturated carbocycles. The molecule has 0 aromatic heterocycles. The molecule has 0 atom stereocenters. The predicted molar refractivity (Wildman–Crippen MR) is 70.8 cm³/mol. The molecule has 4 heteroatoms. The van der Waals surface area contributed by atoms with Crippen molar-refractivity contribution in [2.75, 3.05) is 7.11 Å². The third kappa shape index (κ3) is 3.47. The molecule has 0 aliphatic carbocycles. The lowest BCUT2D eigenvalue weighted by molar-refractivity contribution is -0.830. The first-order valence-corrected chi connectivity index (χ1v) is 5.99. The smallest absolute Gasteiger partial charge is 0.163 e. The highest BCUT2D eigenvalue weighted by molar-refractivity contribution is 6.32. The van der Waals surface area contributed by atoms with Crippen LogP contribution in [0.2, 0.25) is 5.02 Å². The number of quaternary nitrogens is 1. The van der Waals surface area contributed by atoms with Gasteiger partial charge in [0.15, 0.2) is 5.69 Å². The molecule has 0 spiro atoms. The van der Waals surface area contributed by atoms with Crippen molar-refractivity contribution in [2.45, 2.75) is 6.61 Å². The highest BCUT2D eigenvalue weighted by Crippen LogP contribution is 2.26. The van der Waals surface area contributed by atoms with Crippen molar-refractivity contribution in [3.63, 3.8) is 0 Å². The Kier molecular flexibility index (Phi) is 4.59. The van der Waals surface area contributed by atoms with Crippen LogP contribution in [0.25, 0.3) is 0 Å². The number of hydrogen-bond acceptors (Lipinski definition) is 2. The predicted octanol–water partition coefficient (Wildman–Crippen LogP) is 2.68. The van der Waals surface area contributed by atoms with E-state index in [2.05, 4.69) is 0 Å². The van der Waals surface area contributed by atoms with Crippen LogP contribution in [0.5, 0.6) is 5.75 Å². The zero-order valence-corrected chi connectivity index (χ0v) is 10.9. The molecule has 18 heavy (non-hydrogen) atoms. The normalized spacial score (nSPS) is 10.3. The average Bonchev–Trinajstić information content (AvgIpc) is 2.39. The van der Waals surface area contributed by atoms with Gasteiger partial charge in [-0.1, -0.05) is 41.9 Å². The van der Waals surface area contributed by atoms with Gasteiger partial charge < -0.3 is 4.74 Å². The molecule has 3 nitrogen and oxygen atoms in total. The first-order valence-electron chi connectivity index (χ1n) is 5.62. The largest absolute Gasteiger partial charge is 0.487 e. The van der Waals surface area contributed by atoms with Crippen LogP contribution >= 0.6 is 11.6 Å². The fraction of sp³-hybridized carbons (Fsp3) is 0.143. The second-order valence-corrected chi connectivity index (χ2v) is 4.22. The lowest BCUT2D eigenvalue weighted by atomic mass is 10.2. The first kappa shape index (κ1) is 12.9. The lowest BCUT2D eigenvalue weighted by Gasteiger charge is -2.08. The zero-order chi connectivity index (χ0) is 12.8. The minimum Gasteiger partial charge on any atom is -0.487 e. The summed E-state index contributed by atoms with van der Waals surface area (Å²) in [6.45, 7) is 0.508. The van der Waals surface area contributed by atoms with E-state index in [9.17, 15) is 0 Å². The average molecular weight is 265 g/mol. The van der Waals surface area contributed by atoms with Crippen LogP contribution in [0.15, 0.2) is 48.5 Å². The van der Waals surface area contributed by atoms with E-state index in [1.165, 1.54) is 0 Å². The Hall–Kier alpha value is -1.55. The molecule has 0 bridgehead atoms. The quantitative estimate of drug-likeness (QED) is 0.666. The molecule has 0 radical (unpaired) electrons. The second-order valence-electron chi connectivity index (χ2n) is 3.82. The summed E-state index contributed by atoms with van der Waals surface area (Å²) in [5.41, 5.74) is 3.66. The fourth-order valence-electron chi connectivity index (χ4n) is 1.58. The number of ether oxygens (including phenoxy) is 1. The third-order valence-corrected chi connectivity index (χ3v) is 2.74. The minimum atomic E-state index is 0.508. The van der Waals surface area contributed by atoms with E-state index in [0.29, 0.717) is 17.4 Å². The van der Waals surface area contributed by atoms with Crippen LogP contribution in [-0.4, -0.2) is 7.11 Å². The molecule has 0 aliphatic rings.